The molecule has 0 bridgehead atoms. The van der Waals surface area contributed by atoms with Crippen LogP contribution in [-0.4, -0.2) is 32.3 Å². The minimum absolute atomic E-state index is 0.00376. The number of nitrogens with zero attached hydrogens (tertiary/aromatic N) is 2. The summed E-state index contributed by atoms with van der Waals surface area (Å²) in [7, 11) is 1.95. The molecule has 2 aliphatic rings. The van der Waals surface area contributed by atoms with E-state index in [1.165, 1.54) is 0 Å². The second kappa shape index (κ2) is 7.57. The van der Waals surface area contributed by atoms with Crippen molar-refractivity contribution in [1.29, 1.82) is 0 Å². The van der Waals surface area contributed by atoms with Gasteiger partial charge in [0.2, 0.25) is 0 Å². The molecule has 2 heterocycles. The van der Waals surface area contributed by atoms with E-state index in [-0.39, 0.29) is 17.4 Å². The van der Waals surface area contributed by atoms with Gasteiger partial charge in [-0.3, -0.25) is 9.59 Å². The first-order valence-corrected chi connectivity index (χ1v) is 10.9. The number of para-hydroxylation sites is 1. The Morgan fingerprint density at radius 3 is 2.42 bits per heavy atom. The summed E-state index contributed by atoms with van der Waals surface area (Å²) in [5.41, 5.74) is 2.50. The monoisotopic (exact) mass is 434 g/mol. The molecule has 1 saturated heterocycles. The number of fused-ring (bicyclic) bond motifs is 1. The molecule has 158 valence electrons. The van der Waals surface area contributed by atoms with Crippen LogP contribution in [0.2, 0.25) is 5.02 Å². The Labute approximate surface area is 185 Å². The lowest BCUT2D eigenvalue weighted by atomic mass is 9.94. The molecule has 5 nitrogen and oxygen atoms in total. The fourth-order valence-corrected chi connectivity index (χ4v) is 5.19. The van der Waals surface area contributed by atoms with Gasteiger partial charge in [0.1, 0.15) is 5.76 Å². The lowest BCUT2D eigenvalue weighted by molar-refractivity contribution is -0.141. The summed E-state index contributed by atoms with van der Waals surface area (Å²) in [6.07, 6.45) is 5.78. The zero-order valence-electron chi connectivity index (χ0n) is 17.2. The molecule has 31 heavy (non-hydrogen) atoms. The highest BCUT2D eigenvalue weighted by molar-refractivity contribution is 6.46. The van der Waals surface area contributed by atoms with Crippen LogP contribution in [0.1, 0.15) is 42.9 Å². The van der Waals surface area contributed by atoms with Gasteiger partial charge >= 0.3 is 0 Å². The number of amides is 1. The third-order valence-electron chi connectivity index (χ3n) is 6.54. The number of aryl methyl sites for hydroxylation is 1. The van der Waals surface area contributed by atoms with Crippen molar-refractivity contribution in [2.45, 2.75) is 37.8 Å². The first-order chi connectivity index (χ1) is 15.0. The molecule has 6 heteroatoms. The van der Waals surface area contributed by atoms with Gasteiger partial charge in [-0.25, -0.2) is 0 Å². The van der Waals surface area contributed by atoms with Gasteiger partial charge in [0, 0.05) is 46.3 Å². The molecule has 0 spiro atoms. The van der Waals surface area contributed by atoms with Crippen LogP contribution in [0.5, 0.6) is 0 Å². The quantitative estimate of drug-likeness (QED) is 0.350. The fraction of sp³-hybridized carbons (Fsp3) is 0.280. The second-order valence-electron chi connectivity index (χ2n) is 8.36. The van der Waals surface area contributed by atoms with Gasteiger partial charge in [-0.1, -0.05) is 42.6 Å². The van der Waals surface area contributed by atoms with E-state index >= 15 is 0 Å². The fourth-order valence-electron chi connectivity index (χ4n) is 5.07. The van der Waals surface area contributed by atoms with Crippen LogP contribution in [0.15, 0.2) is 60.3 Å². The molecule has 1 aromatic heterocycles. The average molecular weight is 435 g/mol. The van der Waals surface area contributed by atoms with E-state index in [1.54, 1.807) is 29.2 Å². The van der Waals surface area contributed by atoms with Crippen molar-refractivity contribution in [2.24, 2.45) is 7.05 Å². The number of carbonyl (C=O) groups excluding carboxylic acids is 2. The maximum atomic E-state index is 13.2. The van der Waals surface area contributed by atoms with Gasteiger partial charge in [-0.15, -0.1) is 0 Å². The predicted octanol–water partition coefficient (Wildman–Crippen LogP) is 5.20. The smallest absolute Gasteiger partial charge is 0.295 e. The number of hydrogen-bond acceptors (Lipinski definition) is 3. The molecule has 3 aromatic rings. The summed E-state index contributed by atoms with van der Waals surface area (Å²) in [6.45, 7) is 0. The molecule has 5 rings (SSSR count). The highest BCUT2D eigenvalue weighted by Crippen LogP contribution is 2.45. The van der Waals surface area contributed by atoms with Gasteiger partial charge in [-0.05, 0) is 43.2 Å². The Morgan fingerprint density at radius 1 is 1.03 bits per heavy atom. The van der Waals surface area contributed by atoms with E-state index in [4.69, 9.17) is 11.6 Å². The number of rotatable bonds is 3. The predicted molar refractivity (Wildman–Crippen MR) is 121 cm³/mol. The molecule has 2 aromatic carbocycles. The van der Waals surface area contributed by atoms with Crippen molar-refractivity contribution < 1.29 is 14.7 Å². The molecule has 1 atom stereocenters. The standard InChI is InChI=1S/C25H23ClN2O3/c1-27-14-19(18-8-4-5-9-20(18)27)22-21(23(29)15-10-12-16(26)13-11-15)24(30)25(31)28(22)17-6-2-3-7-17/h4-5,8-14,17,22,29H,2-3,6-7H2,1H3/b23-21+. The summed E-state index contributed by atoms with van der Waals surface area (Å²) in [6, 6.07) is 14.0. The van der Waals surface area contributed by atoms with E-state index < -0.39 is 17.7 Å². The molecule has 0 radical (unpaired) electrons. The number of aromatic nitrogens is 1. The summed E-state index contributed by atoms with van der Waals surface area (Å²) in [4.78, 5) is 28.2. The van der Waals surface area contributed by atoms with Gasteiger partial charge in [-0.2, -0.15) is 0 Å². The van der Waals surface area contributed by atoms with Gasteiger partial charge in [0.25, 0.3) is 11.7 Å². The first-order valence-electron chi connectivity index (χ1n) is 10.6. The SMILES string of the molecule is Cn1cc(C2/C(=C(\O)c3ccc(Cl)cc3)C(=O)C(=O)N2C2CCCC2)c2ccccc21. The molecule has 2 fully saturated rings. The van der Waals surface area contributed by atoms with Crippen LogP contribution in [0.4, 0.5) is 0 Å². The lowest BCUT2D eigenvalue weighted by Crippen LogP contribution is -2.37. The average Bonchev–Trinajstić information content (AvgIpc) is 3.47. The minimum atomic E-state index is -0.628. The molecule has 1 saturated carbocycles. The molecule has 1 aliphatic carbocycles. The zero-order valence-corrected chi connectivity index (χ0v) is 18.0. The number of likely N-dealkylation sites (tertiary alicyclic amines) is 1. The van der Waals surface area contributed by atoms with Crippen LogP contribution >= 0.6 is 11.6 Å². The Bertz CT molecular complexity index is 1220. The summed E-state index contributed by atoms with van der Waals surface area (Å²) in [5, 5.41) is 12.7. The normalized spacial score (nSPS) is 21.5. The molecular weight excluding hydrogens is 412 g/mol. The van der Waals surface area contributed by atoms with Gasteiger partial charge < -0.3 is 14.6 Å². The molecular formula is C25H23ClN2O3. The minimum Gasteiger partial charge on any atom is -0.507 e. The van der Waals surface area contributed by atoms with E-state index in [1.807, 2.05) is 42.1 Å². The van der Waals surface area contributed by atoms with Crippen LogP contribution < -0.4 is 0 Å². The highest BCUT2D eigenvalue weighted by atomic mass is 35.5. The highest BCUT2D eigenvalue weighted by Gasteiger charge is 2.49. The molecule has 1 amide bonds. The Kier molecular flexibility index (Phi) is 4.86. The maximum absolute atomic E-state index is 13.2. The van der Waals surface area contributed by atoms with Crippen molar-refractivity contribution in [1.82, 2.24) is 9.47 Å². The number of carbonyl (C=O) groups is 2. The van der Waals surface area contributed by atoms with Crippen LogP contribution in [0.3, 0.4) is 0 Å². The van der Waals surface area contributed by atoms with Crippen molar-refractivity contribution in [3.8, 4) is 0 Å². The number of Topliss-reactive ketones (excluding diaryl/α,β-unsaturated/α-hetero) is 1. The summed E-state index contributed by atoms with van der Waals surface area (Å²) >= 11 is 6.00. The van der Waals surface area contributed by atoms with E-state index in [9.17, 15) is 14.7 Å². The largest absolute Gasteiger partial charge is 0.507 e. The number of aliphatic hydroxyl groups is 1. The number of ketones is 1. The summed E-state index contributed by atoms with van der Waals surface area (Å²) in [5.74, 6) is -1.31. The first kappa shape index (κ1) is 19.9. The lowest BCUT2D eigenvalue weighted by Gasteiger charge is -2.30. The van der Waals surface area contributed by atoms with Crippen molar-refractivity contribution in [2.75, 3.05) is 0 Å². The van der Waals surface area contributed by atoms with E-state index in [0.29, 0.717) is 10.6 Å². The van der Waals surface area contributed by atoms with Crippen LogP contribution in [0, 0.1) is 0 Å². The van der Waals surface area contributed by atoms with Crippen LogP contribution in [0.25, 0.3) is 16.7 Å². The van der Waals surface area contributed by atoms with Crippen molar-refractivity contribution in [3.05, 3.63) is 76.5 Å². The molecule has 1 N–H and O–H groups in total. The number of halogens is 1. The Hall–Kier alpha value is -3.05. The Balaban J connectivity index is 1.75. The van der Waals surface area contributed by atoms with E-state index in [2.05, 4.69) is 0 Å². The molecule has 1 unspecified atom stereocenters. The Morgan fingerprint density at radius 2 is 1.71 bits per heavy atom. The second-order valence-corrected chi connectivity index (χ2v) is 8.80. The van der Waals surface area contributed by atoms with Gasteiger partial charge in [0.15, 0.2) is 0 Å². The topological polar surface area (TPSA) is 62.5 Å². The van der Waals surface area contributed by atoms with Crippen LogP contribution in [-0.2, 0) is 16.6 Å². The van der Waals surface area contributed by atoms with Gasteiger partial charge in [0.05, 0.1) is 11.6 Å². The number of benzene rings is 2. The number of aliphatic hydroxyl groups excluding tert-OH is 1. The zero-order chi connectivity index (χ0) is 21.7. The van der Waals surface area contributed by atoms with Crippen molar-refractivity contribution in [3.63, 3.8) is 0 Å². The summed E-state index contributed by atoms with van der Waals surface area (Å²) < 4.78 is 2.00. The third kappa shape index (κ3) is 3.15. The maximum Gasteiger partial charge on any atom is 0.295 e. The van der Waals surface area contributed by atoms with Crippen molar-refractivity contribution >= 4 is 40.0 Å². The van der Waals surface area contributed by atoms with E-state index in [0.717, 1.165) is 42.1 Å². The molecule has 1 aliphatic heterocycles. The third-order valence-corrected chi connectivity index (χ3v) is 6.79. The number of hydrogen-bond donors (Lipinski definition) is 1.